The molecule has 0 aromatic heterocycles. The number of benzene rings is 2. The third-order valence-corrected chi connectivity index (χ3v) is 4.19. The largest absolute Gasteiger partial charge is 0.491 e. The molecule has 0 unspecified atom stereocenters. The summed E-state index contributed by atoms with van der Waals surface area (Å²) in [6, 6.07) is 7.45. The Kier molecular flexibility index (Phi) is 9.11. The number of carbonyl (C=O) groups excluding carboxylic acids is 2. The Morgan fingerprint density at radius 2 is 1.44 bits per heavy atom. The van der Waals surface area contributed by atoms with Gasteiger partial charge in [-0.15, -0.1) is 0 Å². The second-order valence-electron chi connectivity index (χ2n) is 6.35. The molecule has 10 heteroatoms. The van der Waals surface area contributed by atoms with E-state index in [-0.39, 0.29) is 36.7 Å². The molecule has 2 rings (SSSR count). The average Bonchev–Trinajstić information content (AvgIpc) is 2.80. The molecule has 0 aliphatic rings. The van der Waals surface area contributed by atoms with E-state index >= 15 is 0 Å². The molecule has 0 atom stereocenters. The van der Waals surface area contributed by atoms with Gasteiger partial charge in [-0.1, -0.05) is 12.7 Å². The number of halogens is 2. The zero-order valence-electron chi connectivity index (χ0n) is 18.0. The number of carbonyl (C=O) groups is 2. The van der Waals surface area contributed by atoms with Crippen LogP contribution in [0.3, 0.4) is 0 Å². The first-order valence-electron chi connectivity index (χ1n) is 9.47. The Hall–Kier alpha value is -3.50. The van der Waals surface area contributed by atoms with Gasteiger partial charge in [-0.2, -0.15) is 0 Å². The lowest BCUT2D eigenvalue weighted by atomic mass is 10.2. The molecule has 0 heterocycles. The van der Waals surface area contributed by atoms with Crippen LogP contribution in [-0.2, 0) is 9.68 Å². The summed E-state index contributed by atoms with van der Waals surface area (Å²) in [5.41, 5.74) is -0.451. The lowest BCUT2D eigenvalue weighted by molar-refractivity contribution is -0.112. The summed E-state index contributed by atoms with van der Waals surface area (Å²) in [4.78, 5) is 34.6. The predicted molar refractivity (Wildman–Crippen MR) is 111 cm³/mol. The van der Waals surface area contributed by atoms with Gasteiger partial charge in [0.25, 0.3) is 11.8 Å². The zero-order valence-corrected chi connectivity index (χ0v) is 18.0. The summed E-state index contributed by atoms with van der Waals surface area (Å²) in [6.45, 7) is 3.63. The quantitative estimate of drug-likeness (QED) is 0.297. The highest BCUT2D eigenvalue weighted by Gasteiger charge is 2.19. The lowest BCUT2D eigenvalue weighted by Crippen LogP contribution is -2.29. The van der Waals surface area contributed by atoms with Crippen LogP contribution in [0.4, 0.5) is 8.78 Å². The summed E-state index contributed by atoms with van der Waals surface area (Å²) in [5, 5.41) is 1.74. The number of nitrogens with zero attached hydrogens (tertiary/aromatic N) is 2. The molecule has 0 spiro atoms. The Morgan fingerprint density at radius 3 is 1.97 bits per heavy atom. The van der Waals surface area contributed by atoms with Crippen molar-refractivity contribution in [1.29, 1.82) is 0 Å². The van der Waals surface area contributed by atoms with Gasteiger partial charge in [-0.05, 0) is 36.4 Å². The molecule has 0 fully saturated rings. The minimum absolute atomic E-state index is 0.0258. The topological polar surface area (TPSA) is 77.5 Å². The minimum Gasteiger partial charge on any atom is -0.491 e. The van der Waals surface area contributed by atoms with Crippen LogP contribution in [0.2, 0.25) is 0 Å². The average molecular weight is 450 g/mol. The zero-order chi connectivity index (χ0) is 23.7. The first-order chi connectivity index (χ1) is 15.3. The summed E-state index contributed by atoms with van der Waals surface area (Å²) in [7, 11) is 3.95. The fraction of sp³-hybridized carbons (Fsp3) is 0.273. The Morgan fingerprint density at radius 1 is 0.906 bits per heavy atom. The second-order valence-corrected chi connectivity index (χ2v) is 6.35. The van der Waals surface area contributed by atoms with Crippen LogP contribution in [-0.4, -0.2) is 63.0 Å². The number of hydrogen-bond acceptors (Lipinski definition) is 6. The third-order valence-electron chi connectivity index (χ3n) is 4.19. The number of amides is 2. The van der Waals surface area contributed by atoms with Crippen LogP contribution in [0.25, 0.3) is 0 Å². The monoisotopic (exact) mass is 450 g/mol. The number of rotatable bonds is 11. The van der Waals surface area contributed by atoms with E-state index in [0.717, 1.165) is 22.3 Å². The van der Waals surface area contributed by atoms with Crippen molar-refractivity contribution in [3.05, 3.63) is 71.8 Å². The molecular weight excluding hydrogens is 426 g/mol. The van der Waals surface area contributed by atoms with Crippen molar-refractivity contribution in [2.24, 2.45) is 0 Å². The molecule has 0 radical (unpaired) electrons. The molecule has 2 aromatic rings. The molecule has 2 aromatic carbocycles. The first kappa shape index (κ1) is 24.8. The molecule has 0 aliphatic carbocycles. The normalized spacial score (nSPS) is 10.4. The minimum atomic E-state index is -0.728. The van der Waals surface area contributed by atoms with Gasteiger partial charge >= 0.3 is 0 Å². The van der Waals surface area contributed by atoms with Crippen molar-refractivity contribution >= 4 is 11.8 Å². The molecule has 2 amide bonds. The Labute approximate surface area is 184 Å². The van der Waals surface area contributed by atoms with Gasteiger partial charge in [0.1, 0.15) is 43.0 Å². The van der Waals surface area contributed by atoms with Crippen molar-refractivity contribution < 1.29 is 37.5 Å². The number of hydroxylamine groups is 4. The van der Waals surface area contributed by atoms with Crippen molar-refractivity contribution in [2.45, 2.75) is 0 Å². The summed E-state index contributed by atoms with van der Waals surface area (Å²) < 4.78 is 38.7. The molecule has 0 N–H and O–H groups in total. The maximum Gasteiger partial charge on any atom is 0.280 e. The third kappa shape index (κ3) is 6.50. The highest BCUT2D eigenvalue weighted by Crippen LogP contribution is 2.20. The van der Waals surface area contributed by atoms with E-state index in [2.05, 4.69) is 6.58 Å². The number of ether oxygens (including phenoxy) is 2. The van der Waals surface area contributed by atoms with E-state index in [9.17, 15) is 18.4 Å². The van der Waals surface area contributed by atoms with Crippen LogP contribution >= 0.6 is 0 Å². The lowest BCUT2D eigenvalue weighted by Gasteiger charge is -2.18. The van der Waals surface area contributed by atoms with Crippen molar-refractivity contribution in [3.63, 3.8) is 0 Å². The van der Waals surface area contributed by atoms with Gasteiger partial charge < -0.3 is 9.47 Å². The van der Waals surface area contributed by atoms with E-state index in [4.69, 9.17) is 19.1 Å². The highest BCUT2D eigenvalue weighted by atomic mass is 19.1. The molecular formula is C22H24F2N2O6. The maximum absolute atomic E-state index is 14.1. The van der Waals surface area contributed by atoms with Gasteiger partial charge in [0.15, 0.2) is 0 Å². The molecule has 0 saturated heterocycles. The molecule has 0 bridgehead atoms. The van der Waals surface area contributed by atoms with E-state index in [0.29, 0.717) is 5.75 Å². The van der Waals surface area contributed by atoms with Gasteiger partial charge in [0, 0.05) is 14.1 Å². The summed E-state index contributed by atoms with van der Waals surface area (Å²) >= 11 is 0. The van der Waals surface area contributed by atoms with Crippen LogP contribution < -0.4 is 9.47 Å². The van der Waals surface area contributed by atoms with Gasteiger partial charge in [0.2, 0.25) is 0 Å². The fourth-order valence-electron chi connectivity index (χ4n) is 2.49. The molecule has 0 saturated carbocycles. The molecule has 8 nitrogen and oxygen atoms in total. The summed E-state index contributed by atoms with van der Waals surface area (Å²) in [5.74, 6) is -2.32. The smallest absolute Gasteiger partial charge is 0.280 e. The van der Waals surface area contributed by atoms with E-state index in [1.165, 1.54) is 51.5 Å². The highest BCUT2D eigenvalue weighted by molar-refractivity contribution is 5.94. The van der Waals surface area contributed by atoms with Crippen LogP contribution in [0.15, 0.2) is 49.1 Å². The van der Waals surface area contributed by atoms with Crippen LogP contribution in [0, 0.1) is 11.6 Å². The SMILES string of the molecule is C=CCOc1ccc(F)c(C(=O)N(C)OCCOc2ccc(F)c(C(=O)N(C)OC)c2)c1. The van der Waals surface area contributed by atoms with Crippen molar-refractivity contribution in [3.8, 4) is 11.5 Å². The standard InChI is InChI=1S/C22H24F2N2O6/c1-5-10-30-15-6-8-20(24)18(13-15)22(28)26(3)32-12-11-31-16-7-9-19(23)17(14-16)21(27)25(2)29-4/h5-9,13-14H,1,10-12H2,2-4H3. The maximum atomic E-state index is 14.1. The molecule has 172 valence electrons. The van der Waals surface area contributed by atoms with E-state index in [1.54, 1.807) is 0 Å². The number of hydrogen-bond donors (Lipinski definition) is 0. The predicted octanol–water partition coefficient (Wildman–Crippen LogP) is 3.25. The molecule has 32 heavy (non-hydrogen) atoms. The van der Waals surface area contributed by atoms with Crippen molar-refractivity contribution in [1.82, 2.24) is 10.1 Å². The van der Waals surface area contributed by atoms with Gasteiger partial charge in [0.05, 0.1) is 18.2 Å². The molecule has 0 aliphatic heterocycles. The Bertz CT molecular complexity index is 969. The van der Waals surface area contributed by atoms with E-state index < -0.39 is 23.4 Å². The Balaban J connectivity index is 1.92. The fourth-order valence-corrected chi connectivity index (χ4v) is 2.49. The van der Waals surface area contributed by atoms with Crippen LogP contribution in [0.1, 0.15) is 20.7 Å². The van der Waals surface area contributed by atoms with E-state index in [1.807, 2.05) is 0 Å². The van der Waals surface area contributed by atoms with Gasteiger partial charge in [-0.25, -0.2) is 18.9 Å². The summed E-state index contributed by atoms with van der Waals surface area (Å²) in [6.07, 6.45) is 1.52. The van der Waals surface area contributed by atoms with Crippen LogP contribution in [0.5, 0.6) is 11.5 Å². The van der Waals surface area contributed by atoms with Crippen molar-refractivity contribution in [2.75, 3.05) is 41.0 Å². The van der Waals surface area contributed by atoms with Gasteiger partial charge in [-0.3, -0.25) is 19.3 Å². The first-order valence-corrected chi connectivity index (χ1v) is 9.47. The second kappa shape index (κ2) is 11.8.